The number of halogens is 3. The Morgan fingerprint density at radius 2 is 1.00 bits per heavy atom. The quantitative estimate of drug-likeness (QED) is 0.0861. The van der Waals surface area contributed by atoms with E-state index in [-0.39, 0.29) is 37.7 Å². The molecule has 4 heterocycles. The molecule has 0 saturated carbocycles. The van der Waals surface area contributed by atoms with Crippen molar-refractivity contribution in [3.63, 3.8) is 0 Å². The molecule has 2 aromatic heterocycles. The summed E-state index contributed by atoms with van der Waals surface area (Å²) in [6.45, 7) is 8.68. The second-order valence-electron chi connectivity index (χ2n) is 17.4. The van der Waals surface area contributed by atoms with Gasteiger partial charge in [0, 0.05) is 90.7 Å². The lowest BCUT2D eigenvalue weighted by Crippen LogP contribution is -2.55. The van der Waals surface area contributed by atoms with E-state index in [0.29, 0.717) is 85.8 Å². The summed E-state index contributed by atoms with van der Waals surface area (Å²) in [5, 5.41) is 23.5. The topological polar surface area (TPSA) is 172 Å². The molecule has 2 N–H and O–H groups in total. The molecule has 0 aliphatic carbocycles. The van der Waals surface area contributed by atoms with Gasteiger partial charge in [0.15, 0.2) is 0 Å². The first-order valence-corrected chi connectivity index (χ1v) is 27.8. The Labute approximate surface area is 414 Å². The monoisotopic (exact) mass is 1050 g/mol. The summed E-state index contributed by atoms with van der Waals surface area (Å²) in [6.07, 6.45) is -6.30. The van der Waals surface area contributed by atoms with Crippen LogP contribution in [0.25, 0.3) is 20.4 Å². The van der Waals surface area contributed by atoms with Crippen molar-refractivity contribution in [2.24, 2.45) is 0 Å². The Balaban J connectivity index is 0.884. The van der Waals surface area contributed by atoms with Crippen LogP contribution in [0.1, 0.15) is 15.6 Å². The van der Waals surface area contributed by atoms with Gasteiger partial charge in [-0.15, -0.1) is 22.7 Å². The minimum Gasteiger partial charge on any atom is -0.491 e. The van der Waals surface area contributed by atoms with Gasteiger partial charge in [-0.25, -0.2) is 26.8 Å². The van der Waals surface area contributed by atoms with E-state index in [4.69, 9.17) is 9.47 Å². The van der Waals surface area contributed by atoms with E-state index in [1.54, 1.807) is 40.9 Å². The molecule has 2 saturated heterocycles. The number of anilines is 2. The number of ether oxygens (including phenoxy) is 2. The number of piperazine rings is 2. The average molecular weight is 1050 g/mol. The molecule has 0 radical (unpaired) electrons. The van der Waals surface area contributed by atoms with Crippen molar-refractivity contribution in [1.29, 1.82) is 0 Å². The summed E-state index contributed by atoms with van der Waals surface area (Å²) < 4.78 is 115. The van der Waals surface area contributed by atoms with E-state index in [1.165, 1.54) is 12.1 Å². The van der Waals surface area contributed by atoms with E-state index >= 15 is 0 Å². The second-order valence-corrected chi connectivity index (χ2v) is 23.7. The van der Waals surface area contributed by atoms with Gasteiger partial charge in [-0.1, -0.05) is 18.2 Å². The van der Waals surface area contributed by atoms with Gasteiger partial charge in [0.25, 0.3) is 20.0 Å². The van der Waals surface area contributed by atoms with Gasteiger partial charge in [-0.05, 0) is 74.5 Å². The molecule has 0 unspecified atom stereocenters. The number of rotatable bonds is 21. The summed E-state index contributed by atoms with van der Waals surface area (Å²) in [5.41, 5.74) is 0.358. The first-order chi connectivity index (χ1) is 33.4. The van der Waals surface area contributed by atoms with Crippen LogP contribution in [0.15, 0.2) is 91.0 Å². The molecule has 70 heavy (non-hydrogen) atoms. The largest absolute Gasteiger partial charge is 0.491 e. The number of β-amino-alcohol motifs (C(OH)–C–C–N with tert-alkyl or cyclic N) is 2. The van der Waals surface area contributed by atoms with Crippen LogP contribution < -0.4 is 18.3 Å². The Morgan fingerprint density at radius 1 is 0.600 bits per heavy atom. The van der Waals surface area contributed by atoms with Gasteiger partial charge in [0.05, 0.1) is 58.9 Å². The summed E-state index contributed by atoms with van der Waals surface area (Å²) >= 11 is 3.18. The molecule has 16 nitrogen and oxygen atoms in total. The zero-order valence-electron chi connectivity index (χ0n) is 38.8. The molecule has 23 heteroatoms. The van der Waals surface area contributed by atoms with Crippen molar-refractivity contribution in [3.8, 4) is 11.5 Å². The first-order valence-electron chi connectivity index (χ1n) is 22.9. The van der Waals surface area contributed by atoms with Crippen LogP contribution in [-0.4, -0.2) is 172 Å². The number of hydrogen-bond acceptors (Lipinski definition) is 16. The molecule has 4 aromatic carbocycles. The maximum absolute atomic E-state index is 14.7. The van der Waals surface area contributed by atoms with Crippen LogP contribution in [0.3, 0.4) is 0 Å². The minimum atomic E-state index is -4.72. The number of benzene rings is 4. The van der Waals surface area contributed by atoms with Crippen LogP contribution in [0.4, 0.5) is 24.5 Å². The minimum absolute atomic E-state index is 0.00732. The molecule has 2 fully saturated rings. The van der Waals surface area contributed by atoms with Crippen molar-refractivity contribution in [2.45, 2.75) is 32.2 Å². The number of aromatic nitrogens is 2. The van der Waals surface area contributed by atoms with Crippen molar-refractivity contribution >= 4 is 74.5 Å². The molecule has 6 aromatic rings. The predicted octanol–water partition coefficient (Wildman–Crippen LogP) is 5.54. The molecule has 0 amide bonds. The summed E-state index contributed by atoms with van der Waals surface area (Å²) in [6, 6.07) is 22.3. The van der Waals surface area contributed by atoms with E-state index in [2.05, 4.69) is 19.8 Å². The van der Waals surface area contributed by atoms with Crippen molar-refractivity contribution in [2.75, 3.05) is 112 Å². The number of aryl methyl sites for hydroxylation is 2. The lowest BCUT2D eigenvalue weighted by atomic mass is 10.2. The molecule has 0 bridgehead atoms. The number of nitrogens with zero attached hydrogens (tertiary/aromatic N) is 8. The highest BCUT2D eigenvalue weighted by molar-refractivity contribution is 7.97. The van der Waals surface area contributed by atoms with Gasteiger partial charge in [-0.2, -0.15) is 22.0 Å². The maximum atomic E-state index is 14.7. The fourth-order valence-electron chi connectivity index (χ4n) is 8.45. The van der Waals surface area contributed by atoms with E-state index < -0.39 is 55.5 Å². The zero-order chi connectivity index (χ0) is 49.6. The third-order valence-corrected chi connectivity index (χ3v) is 17.3. The summed E-state index contributed by atoms with van der Waals surface area (Å²) in [5.74, 6) is 0.160. The molecule has 2 aliphatic heterocycles. The Morgan fingerprint density at radius 3 is 1.41 bits per heavy atom. The number of thiazole rings is 2. The molecular weight excluding hydrogens is 990 g/mol. The number of hydrazine groups is 1. The lowest BCUT2D eigenvalue weighted by Gasteiger charge is -2.39. The zero-order valence-corrected chi connectivity index (χ0v) is 42.1. The lowest BCUT2D eigenvalue weighted by molar-refractivity contribution is -0.137. The van der Waals surface area contributed by atoms with Crippen molar-refractivity contribution in [3.05, 3.63) is 107 Å². The smallest absolute Gasteiger partial charge is 0.416 e. The Hall–Kier alpha value is -4.69. The van der Waals surface area contributed by atoms with E-state index in [9.17, 15) is 40.2 Å². The van der Waals surface area contributed by atoms with Gasteiger partial charge >= 0.3 is 6.18 Å². The summed E-state index contributed by atoms with van der Waals surface area (Å²) in [7, 11) is -9.13. The number of aliphatic hydroxyl groups is 2. The molecule has 2 aliphatic rings. The Kier molecular flexibility index (Phi) is 16.5. The van der Waals surface area contributed by atoms with Gasteiger partial charge in [0.2, 0.25) is 0 Å². The SMILES string of the molecule is Cc1nc2cc(OC[C@H](O)CN3CCN(CCS(=O)(=O)N(c4ccccc4)N(c4ccc(C(F)(F)F)cc4)S(=O)(=O)CCN4CCN(C[C@@H](O)COc5ccc6sc(C)nc6c5)CC4)CC3)ccc2s1. The number of sulfonamides is 2. The summed E-state index contributed by atoms with van der Waals surface area (Å²) in [4.78, 5) is 17.0. The number of aliphatic hydroxyl groups excluding tert-OH is 2. The third kappa shape index (κ3) is 13.4. The van der Waals surface area contributed by atoms with E-state index in [1.807, 2.05) is 60.0 Å². The van der Waals surface area contributed by atoms with Gasteiger partial charge in [-0.3, -0.25) is 19.6 Å². The molecule has 378 valence electrons. The fourth-order valence-corrected chi connectivity index (χ4v) is 13.5. The first kappa shape index (κ1) is 51.7. The number of alkyl halides is 3. The second kappa shape index (κ2) is 22.4. The van der Waals surface area contributed by atoms with E-state index in [0.717, 1.165) is 54.7 Å². The Bertz CT molecular complexity index is 2900. The average Bonchev–Trinajstić information content (AvgIpc) is 3.91. The third-order valence-electron chi connectivity index (χ3n) is 12.1. The number of fused-ring (bicyclic) bond motifs is 2. The highest BCUT2D eigenvalue weighted by atomic mass is 32.2. The van der Waals surface area contributed by atoms with Gasteiger partial charge in [0.1, 0.15) is 36.9 Å². The van der Waals surface area contributed by atoms with Crippen LogP contribution in [0.2, 0.25) is 0 Å². The highest BCUT2D eigenvalue weighted by Gasteiger charge is 2.39. The molecule has 0 spiro atoms. The fraction of sp³-hybridized carbons (Fsp3) is 0.447. The normalized spacial score (nSPS) is 17.0. The van der Waals surface area contributed by atoms with Crippen LogP contribution >= 0.6 is 22.7 Å². The maximum Gasteiger partial charge on any atom is 0.416 e. The van der Waals surface area contributed by atoms with Crippen LogP contribution in [0, 0.1) is 13.8 Å². The number of para-hydroxylation sites is 1. The van der Waals surface area contributed by atoms with Crippen molar-refractivity contribution < 1.29 is 49.7 Å². The van der Waals surface area contributed by atoms with Crippen LogP contribution in [0.5, 0.6) is 11.5 Å². The highest BCUT2D eigenvalue weighted by Crippen LogP contribution is 2.34. The van der Waals surface area contributed by atoms with Crippen molar-refractivity contribution in [1.82, 2.24) is 29.6 Å². The molecule has 8 rings (SSSR count). The number of hydrogen-bond donors (Lipinski definition) is 2. The predicted molar refractivity (Wildman–Crippen MR) is 268 cm³/mol. The van der Waals surface area contributed by atoms with Crippen LogP contribution in [-0.2, 0) is 26.2 Å². The molecule has 2 atom stereocenters. The molecular formula is C47H57F3N8O8S4. The standard InChI is InChI=1S/C47H57F3N8O8S4/c1-34-51-43-28-41(12-14-45(43)67-34)65-32-39(59)30-55-20-16-53(17-21-55)24-26-69(61,62)57(37-6-4-3-5-7-37)58(38-10-8-36(9-11-38)47(48,49)50)70(63,64)27-25-54-18-22-56(23-19-54)31-40(60)33-66-42-13-15-46-44(29-42)52-35(2)68-46/h3-15,28-29,39-40,59-60H,16-27,30-33H2,1-2H3/t39-,40-/m1/s1. The van der Waals surface area contributed by atoms with Gasteiger partial charge < -0.3 is 19.7 Å².